The van der Waals surface area contributed by atoms with Crippen LogP contribution in [-0.2, 0) is 9.59 Å². The van der Waals surface area contributed by atoms with Crippen LogP contribution in [0.25, 0.3) is 0 Å². The molecule has 2 rings (SSSR count). The van der Waals surface area contributed by atoms with Gasteiger partial charge in [-0.15, -0.1) is 0 Å². The Kier molecular flexibility index (Phi) is 5.41. The molecule has 0 radical (unpaired) electrons. The molecule has 2 aliphatic heterocycles. The van der Waals surface area contributed by atoms with Crippen LogP contribution >= 0.6 is 0 Å². The second-order valence-electron chi connectivity index (χ2n) is 4.45. The Hall–Kier alpha value is -1.79. The predicted octanol–water partition coefficient (Wildman–Crippen LogP) is -0.699. The minimum Gasteiger partial charge on any atom is -0.352 e. The van der Waals surface area contributed by atoms with Gasteiger partial charge in [-0.3, -0.25) is 9.59 Å². The predicted molar refractivity (Wildman–Crippen MR) is 65.4 cm³/mol. The van der Waals surface area contributed by atoms with Crippen molar-refractivity contribution in [3.05, 3.63) is 0 Å². The van der Waals surface area contributed by atoms with Crippen LogP contribution in [0.1, 0.15) is 32.1 Å². The number of nitrogens with zero attached hydrogens (tertiary/aromatic N) is 1. The molecular weight excluding hydrogens is 236 g/mol. The number of carbonyl (C=O) groups excluding carboxylic acids is 3. The lowest BCUT2D eigenvalue weighted by Gasteiger charge is -2.28. The summed E-state index contributed by atoms with van der Waals surface area (Å²) in [7, 11) is 0. The van der Waals surface area contributed by atoms with Gasteiger partial charge in [-0.2, -0.15) is 0 Å². The van der Waals surface area contributed by atoms with E-state index in [1.807, 2.05) is 4.90 Å². The lowest BCUT2D eigenvalue weighted by molar-refractivity contribution is -0.135. The molecule has 4 amide bonds. The molecule has 2 heterocycles. The van der Waals surface area contributed by atoms with E-state index in [-0.39, 0.29) is 17.9 Å². The van der Waals surface area contributed by atoms with Crippen LogP contribution in [0.15, 0.2) is 0 Å². The van der Waals surface area contributed by atoms with Crippen molar-refractivity contribution >= 4 is 17.8 Å². The highest BCUT2D eigenvalue weighted by atomic mass is 16.2. The number of hydrogen-bond donors (Lipinski definition) is 3. The minimum absolute atomic E-state index is 0.0142. The van der Waals surface area contributed by atoms with Crippen molar-refractivity contribution in [2.45, 2.75) is 38.1 Å². The standard InChI is InChI=1S/C10H16N2O2.CH4N2O/c13-9-5-4-8(11-9)10(14)12-6-2-1-3-7-12;2-1(3)4/h8H,1-7H2,(H,11,13);(H4,2,3,4)/t8-;/m1./s1. The van der Waals surface area contributed by atoms with Crippen LogP contribution in [0.2, 0.25) is 0 Å². The average Bonchev–Trinajstić information content (AvgIpc) is 2.75. The third-order valence-corrected chi connectivity index (χ3v) is 2.96. The molecule has 18 heavy (non-hydrogen) atoms. The molecule has 0 saturated carbocycles. The normalized spacial score (nSPS) is 22.8. The highest BCUT2D eigenvalue weighted by Gasteiger charge is 2.30. The monoisotopic (exact) mass is 256 g/mol. The van der Waals surface area contributed by atoms with Crippen LogP contribution in [-0.4, -0.2) is 41.9 Å². The van der Waals surface area contributed by atoms with Crippen molar-refractivity contribution in [1.29, 1.82) is 0 Å². The van der Waals surface area contributed by atoms with Crippen LogP contribution in [0.4, 0.5) is 4.79 Å². The van der Waals surface area contributed by atoms with Gasteiger partial charge in [0.1, 0.15) is 6.04 Å². The summed E-state index contributed by atoms with van der Waals surface area (Å²) in [5.74, 6) is 0.135. The third-order valence-electron chi connectivity index (χ3n) is 2.96. The lowest BCUT2D eigenvalue weighted by atomic mass is 10.1. The van der Waals surface area contributed by atoms with Crippen molar-refractivity contribution < 1.29 is 14.4 Å². The van der Waals surface area contributed by atoms with Gasteiger partial charge in [0, 0.05) is 19.5 Å². The Bertz CT molecular complexity index is 322. The molecule has 0 aromatic carbocycles. The summed E-state index contributed by atoms with van der Waals surface area (Å²) in [6, 6.07) is -1.07. The van der Waals surface area contributed by atoms with E-state index < -0.39 is 6.03 Å². The third kappa shape index (κ3) is 4.60. The van der Waals surface area contributed by atoms with E-state index >= 15 is 0 Å². The fourth-order valence-electron chi connectivity index (χ4n) is 2.13. The van der Waals surface area contributed by atoms with Gasteiger partial charge in [-0.05, 0) is 25.7 Å². The summed E-state index contributed by atoms with van der Waals surface area (Å²) in [6.07, 6.45) is 4.61. The zero-order chi connectivity index (χ0) is 13.5. The summed E-state index contributed by atoms with van der Waals surface area (Å²) < 4.78 is 0. The largest absolute Gasteiger partial charge is 0.352 e. The van der Waals surface area contributed by atoms with Gasteiger partial charge < -0.3 is 21.7 Å². The molecule has 2 aliphatic rings. The molecule has 0 aromatic rings. The summed E-state index contributed by atoms with van der Waals surface area (Å²) in [4.78, 5) is 33.7. The number of nitrogens with two attached hydrogens (primary N) is 2. The van der Waals surface area contributed by atoms with Gasteiger partial charge in [0.05, 0.1) is 0 Å². The molecular formula is C11H20N4O3. The van der Waals surface area contributed by atoms with E-state index in [0.29, 0.717) is 12.8 Å². The van der Waals surface area contributed by atoms with Crippen LogP contribution < -0.4 is 16.8 Å². The molecule has 0 spiro atoms. The van der Waals surface area contributed by atoms with Gasteiger partial charge in [0.2, 0.25) is 11.8 Å². The number of rotatable bonds is 1. The Balaban J connectivity index is 0.000000357. The number of amides is 4. The van der Waals surface area contributed by atoms with Crippen molar-refractivity contribution in [1.82, 2.24) is 10.2 Å². The van der Waals surface area contributed by atoms with Crippen molar-refractivity contribution in [3.8, 4) is 0 Å². The Morgan fingerprint density at radius 2 is 1.72 bits per heavy atom. The van der Waals surface area contributed by atoms with Crippen LogP contribution in [0.3, 0.4) is 0 Å². The van der Waals surface area contributed by atoms with E-state index in [4.69, 9.17) is 4.79 Å². The molecule has 7 heteroatoms. The van der Waals surface area contributed by atoms with E-state index in [9.17, 15) is 9.59 Å². The summed E-state index contributed by atoms with van der Waals surface area (Å²) in [5, 5.41) is 2.72. The fraction of sp³-hybridized carbons (Fsp3) is 0.727. The maximum atomic E-state index is 11.9. The van der Waals surface area contributed by atoms with Crippen molar-refractivity contribution in [2.75, 3.05) is 13.1 Å². The van der Waals surface area contributed by atoms with Gasteiger partial charge in [-0.1, -0.05) is 0 Å². The smallest absolute Gasteiger partial charge is 0.309 e. The number of urea groups is 1. The zero-order valence-corrected chi connectivity index (χ0v) is 10.4. The van der Waals surface area contributed by atoms with E-state index in [1.54, 1.807) is 0 Å². The van der Waals surface area contributed by atoms with E-state index in [2.05, 4.69) is 16.8 Å². The molecule has 5 N–H and O–H groups in total. The maximum Gasteiger partial charge on any atom is 0.309 e. The summed E-state index contributed by atoms with van der Waals surface area (Å²) >= 11 is 0. The number of likely N-dealkylation sites (tertiary alicyclic amines) is 1. The number of carbonyl (C=O) groups is 3. The van der Waals surface area contributed by atoms with Crippen LogP contribution in [0.5, 0.6) is 0 Å². The highest BCUT2D eigenvalue weighted by molar-refractivity contribution is 5.90. The molecule has 7 nitrogen and oxygen atoms in total. The van der Waals surface area contributed by atoms with Crippen LogP contribution in [0, 0.1) is 0 Å². The summed E-state index contributed by atoms with van der Waals surface area (Å²) in [6.45, 7) is 1.73. The van der Waals surface area contributed by atoms with Gasteiger partial charge in [0.25, 0.3) is 0 Å². The van der Waals surface area contributed by atoms with Crippen molar-refractivity contribution in [3.63, 3.8) is 0 Å². The number of piperidine rings is 1. The SMILES string of the molecule is NC(N)=O.O=C1CC[C@H](C(=O)N2CCCCC2)N1. The Morgan fingerprint density at radius 3 is 2.17 bits per heavy atom. The van der Waals surface area contributed by atoms with E-state index in [0.717, 1.165) is 25.9 Å². The zero-order valence-electron chi connectivity index (χ0n) is 10.4. The molecule has 2 fully saturated rings. The van der Waals surface area contributed by atoms with E-state index in [1.165, 1.54) is 6.42 Å². The Morgan fingerprint density at radius 1 is 1.17 bits per heavy atom. The van der Waals surface area contributed by atoms with Gasteiger partial charge >= 0.3 is 6.03 Å². The molecule has 0 bridgehead atoms. The molecule has 1 atom stereocenters. The first-order chi connectivity index (χ1) is 8.50. The molecule has 0 unspecified atom stereocenters. The topological polar surface area (TPSA) is 119 Å². The van der Waals surface area contributed by atoms with Gasteiger partial charge in [0.15, 0.2) is 0 Å². The second-order valence-corrected chi connectivity index (χ2v) is 4.45. The highest BCUT2D eigenvalue weighted by Crippen LogP contribution is 2.14. The minimum atomic E-state index is -0.833. The van der Waals surface area contributed by atoms with Gasteiger partial charge in [-0.25, -0.2) is 4.79 Å². The average molecular weight is 256 g/mol. The summed E-state index contributed by atoms with van der Waals surface area (Å²) in [5.41, 5.74) is 8.50. The first-order valence-corrected chi connectivity index (χ1v) is 6.13. The number of primary amides is 2. The molecule has 102 valence electrons. The quantitative estimate of drug-likeness (QED) is 0.575. The second kappa shape index (κ2) is 6.83. The lowest BCUT2D eigenvalue weighted by Crippen LogP contribution is -2.46. The number of nitrogens with one attached hydrogen (secondary N) is 1. The first kappa shape index (κ1) is 14.3. The maximum absolute atomic E-state index is 11.9. The molecule has 2 saturated heterocycles. The number of hydrogen-bond acceptors (Lipinski definition) is 3. The van der Waals surface area contributed by atoms with Crippen molar-refractivity contribution in [2.24, 2.45) is 11.5 Å². The molecule has 0 aromatic heterocycles. The fourth-order valence-corrected chi connectivity index (χ4v) is 2.13. The first-order valence-electron chi connectivity index (χ1n) is 6.13. The molecule has 0 aliphatic carbocycles. The Labute approximate surface area is 106 Å².